The number of H-pyrrole nitrogens is 1. The minimum absolute atomic E-state index is 0.0229. The molecule has 0 radical (unpaired) electrons. The fourth-order valence-electron chi connectivity index (χ4n) is 3.55. The third-order valence-electron chi connectivity index (χ3n) is 5.02. The van der Waals surface area contributed by atoms with Crippen LogP contribution in [0, 0.1) is 0 Å². The lowest BCUT2D eigenvalue weighted by Crippen LogP contribution is -2.39. The number of fused-ring (bicyclic) bond motifs is 1. The molecule has 0 spiro atoms. The van der Waals surface area contributed by atoms with Crippen molar-refractivity contribution in [1.82, 2.24) is 14.9 Å². The van der Waals surface area contributed by atoms with Crippen LogP contribution in [-0.4, -0.2) is 39.6 Å². The third-order valence-corrected chi connectivity index (χ3v) is 5.88. The first-order valence-corrected chi connectivity index (χ1v) is 9.64. The summed E-state index contributed by atoms with van der Waals surface area (Å²) in [4.78, 5) is 33.8. The van der Waals surface area contributed by atoms with E-state index in [-0.39, 0.29) is 11.5 Å². The molecule has 0 saturated heterocycles. The summed E-state index contributed by atoms with van der Waals surface area (Å²) >= 11 is 1.35. The molecule has 1 amide bonds. The summed E-state index contributed by atoms with van der Waals surface area (Å²) in [7, 11) is 1.90. The molecule has 0 unspecified atom stereocenters. The summed E-state index contributed by atoms with van der Waals surface area (Å²) in [6, 6.07) is 0.382. The molecule has 6 heteroatoms. The number of carbonyl (C=O) groups is 1. The molecule has 5 nitrogen and oxygen atoms in total. The maximum absolute atomic E-state index is 12.4. The standard InChI is InChI=1S/C17H25N3O2S/c1-20(12-7-3-2-4-8-12)15(21)11-23-17-18-14-10-6-5-9-13(14)16(22)19-17/h12H,2-11H2,1H3,(H,18,19,22). The minimum Gasteiger partial charge on any atom is -0.342 e. The Morgan fingerprint density at radius 2 is 1.96 bits per heavy atom. The van der Waals surface area contributed by atoms with Gasteiger partial charge in [-0.3, -0.25) is 9.59 Å². The molecule has 0 atom stereocenters. The van der Waals surface area contributed by atoms with Crippen molar-refractivity contribution < 1.29 is 4.79 Å². The van der Waals surface area contributed by atoms with Gasteiger partial charge >= 0.3 is 0 Å². The maximum atomic E-state index is 12.4. The summed E-state index contributed by atoms with van der Waals surface area (Å²) < 4.78 is 0. The Morgan fingerprint density at radius 1 is 1.22 bits per heavy atom. The Hall–Kier alpha value is -1.30. The highest BCUT2D eigenvalue weighted by molar-refractivity contribution is 7.99. The molecule has 2 aliphatic carbocycles. The molecule has 0 bridgehead atoms. The highest BCUT2D eigenvalue weighted by atomic mass is 32.2. The highest BCUT2D eigenvalue weighted by Gasteiger charge is 2.22. The van der Waals surface area contributed by atoms with Gasteiger partial charge in [0.15, 0.2) is 5.16 Å². The van der Waals surface area contributed by atoms with E-state index in [0.29, 0.717) is 17.0 Å². The van der Waals surface area contributed by atoms with E-state index in [9.17, 15) is 9.59 Å². The van der Waals surface area contributed by atoms with Crippen molar-refractivity contribution in [3.05, 3.63) is 21.6 Å². The monoisotopic (exact) mass is 335 g/mol. The van der Waals surface area contributed by atoms with Crippen LogP contribution in [0.25, 0.3) is 0 Å². The zero-order valence-corrected chi connectivity index (χ0v) is 14.6. The number of hydrogen-bond acceptors (Lipinski definition) is 4. The second-order valence-electron chi connectivity index (χ2n) is 6.59. The van der Waals surface area contributed by atoms with Crippen molar-refractivity contribution >= 4 is 17.7 Å². The number of aromatic nitrogens is 2. The Kier molecular flexibility index (Phi) is 5.41. The van der Waals surface area contributed by atoms with Gasteiger partial charge in [-0.15, -0.1) is 0 Å². The van der Waals surface area contributed by atoms with Gasteiger partial charge < -0.3 is 9.88 Å². The molecule has 2 aliphatic rings. The van der Waals surface area contributed by atoms with Crippen LogP contribution in [0.5, 0.6) is 0 Å². The van der Waals surface area contributed by atoms with Gasteiger partial charge in [0.2, 0.25) is 5.91 Å². The van der Waals surface area contributed by atoms with E-state index >= 15 is 0 Å². The second kappa shape index (κ2) is 7.51. The molecule has 1 heterocycles. The lowest BCUT2D eigenvalue weighted by Gasteiger charge is -2.31. The van der Waals surface area contributed by atoms with E-state index in [1.165, 1.54) is 31.0 Å². The largest absolute Gasteiger partial charge is 0.342 e. The van der Waals surface area contributed by atoms with E-state index < -0.39 is 0 Å². The van der Waals surface area contributed by atoms with Crippen molar-refractivity contribution in [1.29, 1.82) is 0 Å². The Bertz CT molecular complexity index is 623. The van der Waals surface area contributed by atoms with Crippen LogP contribution in [0.2, 0.25) is 0 Å². The van der Waals surface area contributed by atoms with Crippen molar-refractivity contribution in [2.45, 2.75) is 69.0 Å². The highest BCUT2D eigenvalue weighted by Crippen LogP contribution is 2.23. The number of hydrogen-bond donors (Lipinski definition) is 1. The first-order valence-electron chi connectivity index (χ1n) is 8.65. The molecular weight excluding hydrogens is 310 g/mol. The van der Waals surface area contributed by atoms with Crippen LogP contribution in [-0.2, 0) is 17.6 Å². The summed E-state index contributed by atoms with van der Waals surface area (Å²) in [6.45, 7) is 0. The molecule has 0 aromatic carbocycles. The quantitative estimate of drug-likeness (QED) is 0.678. The normalized spacial score (nSPS) is 18.5. The van der Waals surface area contributed by atoms with Crippen molar-refractivity contribution in [2.24, 2.45) is 0 Å². The lowest BCUT2D eigenvalue weighted by atomic mass is 9.94. The van der Waals surface area contributed by atoms with E-state index in [0.717, 1.165) is 49.8 Å². The average molecular weight is 335 g/mol. The van der Waals surface area contributed by atoms with Gasteiger partial charge in [0.1, 0.15) is 0 Å². The Morgan fingerprint density at radius 3 is 2.74 bits per heavy atom. The average Bonchev–Trinajstić information content (AvgIpc) is 2.60. The number of nitrogens with zero attached hydrogens (tertiary/aromatic N) is 2. The number of amides is 1. The Labute approximate surface area is 141 Å². The summed E-state index contributed by atoms with van der Waals surface area (Å²) in [5.74, 6) is 0.469. The number of carbonyl (C=O) groups excluding carboxylic acids is 1. The fourth-order valence-corrected chi connectivity index (χ4v) is 4.36. The van der Waals surface area contributed by atoms with Crippen LogP contribution in [0.4, 0.5) is 0 Å². The van der Waals surface area contributed by atoms with E-state index in [1.807, 2.05) is 11.9 Å². The summed E-state index contributed by atoms with van der Waals surface area (Å²) in [6.07, 6.45) is 9.81. The third kappa shape index (κ3) is 3.97. The van der Waals surface area contributed by atoms with Crippen molar-refractivity contribution in [3.8, 4) is 0 Å². The van der Waals surface area contributed by atoms with Gasteiger partial charge in [0.25, 0.3) is 5.56 Å². The molecule has 126 valence electrons. The summed E-state index contributed by atoms with van der Waals surface area (Å²) in [5, 5.41) is 0.584. The van der Waals surface area contributed by atoms with Gasteiger partial charge in [0, 0.05) is 18.7 Å². The fraction of sp³-hybridized carbons (Fsp3) is 0.706. The molecule has 1 aromatic heterocycles. The molecular formula is C17H25N3O2S. The van der Waals surface area contributed by atoms with E-state index in [4.69, 9.17) is 0 Å². The van der Waals surface area contributed by atoms with Crippen LogP contribution in [0.3, 0.4) is 0 Å². The Balaban J connectivity index is 1.60. The SMILES string of the molecule is CN(C(=O)CSc1nc2c(c(=O)[nH]1)CCCC2)C1CCCCC1. The number of nitrogens with one attached hydrogen (secondary N) is 1. The molecule has 1 aromatic rings. The predicted molar refractivity (Wildman–Crippen MR) is 91.9 cm³/mol. The van der Waals surface area contributed by atoms with Gasteiger partial charge in [-0.2, -0.15) is 0 Å². The predicted octanol–water partition coefficient (Wildman–Crippen LogP) is 2.53. The first-order chi connectivity index (χ1) is 11.1. The van der Waals surface area contributed by atoms with Gasteiger partial charge in [-0.05, 0) is 38.5 Å². The van der Waals surface area contributed by atoms with E-state index in [2.05, 4.69) is 9.97 Å². The van der Waals surface area contributed by atoms with Crippen LogP contribution in [0.1, 0.15) is 56.2 Å². The van der Waals surface area contributed by atoms with Crippen LogP contribution >= 0.6 is 11.8 Å². The van der Waals surface area contributed by atoms with Crippen molar-refractivity contribution in [2.75, 3.05) is 12.8 Å². The van der Waals surface area contributed by atoms with Gasteiger partial charge in [-0.25, -0.2) is 4.98 Å². The molecule has 1 saturated carbocycles. The molecule has 1 fully saturated rings. The molecule has 1 N–H and O–H groups in total. The zero-order chi connectivity index (χ0) is 16.2. The summed E-state index contributed by atoms with van der Waals surface area (Å²) in [5.41, 5.74) is 1.74. The number of rotatable bonds is 4. The van der Waals surface area contributed by atoms with Crippen LogP contribution < -0.4 is 5.56 Å². The molecule has 23 heavy (non-hydrogen) atoms. The number of aryl methyl sites for hydroxylation is 1. The lowest BCUT2D eigenvalue weighted by molar-refractivity contribution is -0.129. The molecule has 0 aliphatic heterocycles. The maximum Gasteiger partial charge on any atom is 0.254 e. The second-order valence-corrected chi connectivity index (χ2v) is 7.55. The van der Waals surface area contributed by atoms with Crippen molar-refractivity contribution in [3.63, 3.8) is 0 Å². The topological polar surface area (TPSA) is 66.1 Å². The van der Waals surface area contributed by atoms with E-state index in [1.54, 1.807) is 0 Å². The molecule has 3 rings (SSSR count). The first kappa shape index (κ1) is 16.6. The number of thioether (sulfide) groups is 1. The smallest absolute Gasteiger partial charge is 0.254 e. The zero-order valence-electron chi connectivity index (χ0n) is 13.8. The van der Waals surface area contributed by atoms with Gasteiger partial charge in [0.05, 0.1) is 11.4 Å². The van der Waals surface area contributed by atoms with Gasteiger partial charge in [-0.1, -0.05) is 31.0 Å². The minimum atomic E-state index is -0.0229. The van der Waals surface area contributed by atoms with Crippen LogP contribution in [0.15, 0.2) is 9.95 Å². The number of aromatic amines is 1.